The lowest BCUT2D eigenvalue weighted by Gasteiger charge is -2.23. The summed E-state index contributed by atoms with van der Waals surface area (Å²) >= 11 is 18.3. The van der Waals surface area contributed by atoms with Crippen LogP contribution in [0.4, 0.5) is 0 Å². The molecule has 1 fully saturated rings. The Morgan fingerprint density at radius 1 is 1.19 bits per heavy atom. The number of hydrogen-bond acceptors (Lipinski definition) is 4. The number of halogens is 2. The average molecular weight is 438 g/mol. The van der Waals surface area contributed by atoms with Crippen LogP contribution in [0.1, 0.15) is 11.1 Å². The molecule has 0 aliphatic carbocycles. The molecule has 0 radical (unpaired) electrons. The van der Waals surface area contributed by atoms with Gasteiger partial charge in [-0.3, -0.25) is 9.69 Å². The first-order valence-electron chi connectivity index (χ1n) is 7.85. The first-order chi connectivity index (χ1) is 12.8. The maximum absolute atomic E-state index is 12.8. The first kappa shape index (κ1) is 19.9. The molecule has 2 aromatic rings. The van der Waals surface area contributed by atoms with E-state index >= 15 is 0 Å². The van der Waals surface area contributed by atoms with Crippen molar-refractivity contribution in [3.05, 3.63) is 74.6 Å². The molecule has 0 aromatic heterocycles. The van der Waals surface area contributed by atoms with E-state index in [1.165, 1.54) is 0 Å². The summed E-state index contributed by atoms with van der Waals surface area (Å²) in [5.74, 6) is -1.55. The Morgan fingerprint density at radius 2 is 1.81 bits per heavy atom. The lowest BCUT2D eigenvalue weighted by molar-refractivity contribution is -0.145. The molecule has 1 N–H and O–H groups in total. The fourth-order valence-electron chi connectivity index (χ4n) is 2.68. The van der Waals surface area contributed by atoms with Crippen molar-refractivity contribution in [1.29, 1.82) is 0 Å². The van der Waals surface area contributed by atoms with Crippen LogP contribution in [-0.2, 0) is 16.0 Å². The normalized spacial score (nSPS) is 16.8. The Labute approximate surface area is 175 Å². The van der Waals surface area contributed by atoms with E-state index < -0.39 is 17.9 Å². The molecule has 0 saturated carbocycles. The number of thioether (sulfide) groups is 1. The number of carboxylic acids is 1. The Morgan fingerprint density at radius 3 is 2.41 bits per heavy atom. The van der Waals surface area contributed by atoms with Crippen molar-refractivity contribution >= 4 is 69.5 Å². The molecule has 27 heavy (non-hydrogen) atoms. The number of nitrogens with zero attached hydrogens (tertiary/aromatic N) is 1. The maximum Gasteiger partial charge on any atom is 0.327 e. The molecule has 3 rings (SSSR count). The summed E-state index contributed by atoms with van der Waals surface area (Å²) in [6, 6.07) is 13.0. The molecule has 0 spiro atoms. The topological polar surface area (TPSA) is 57.6 Å². The summed E-state index contributed by atoms with van der Waals surface area (Å²) in [4.78, 5) is 26.2. The minimum Gasteiger partial charge on any atom is -0.480 e. The zero-order valence-electron chi connectivity index (χ0n) is 13.8. The molecule has 0 bridgehead atoms. The minimum atomic E-state index is -1.11. The second kappa shape index (κ2) is 8.44. The fourth-order valence-corrected chi connectivity index (χ4v) is 4.58. The van der Waals surface area contributed by atoms with Crippen LogP contribution in [0.3, 0.4) is 0 Å². The number of thiocarbonyl (C=S) groups is 1. The van der Waals surface area contributed by atoms with Crippen molar-refractivity contribution in [2.45, 2.75) is 12.5 Å². The van der Waals surface area contributed by atoms with Gasteiger partial charge < -0.3 is 5.11 Å². The lowest BCUT2D eigenvalue weighted by Crippen LogP contribution is -2.45. The van der Waals surface area contributed by atoms with Crippen LogP contribution in [0.25, 0.3) is 6.08 Å². The van der Waals surface area contributed by atoms with Crippen LogP contribution in [0.2, 0.25) is 10.0 Å². The molecular formula is C19H13Cl2NO3S2. The Bertz CT molecular complexity index is 927. The lowest BCUT2D eigenvalue weighted by atomic mass is 10.0. The highest BCUT2D eigenvalue weighted by atomic mass is 35.5. The molecule has 138 valence electrons. The largest absolute Gasteiger partial charge is 0.480 e. The van der Waals surface area contributed by atoms with Gasteiger partial charge in [0.25, 0.3) is 5.91 Å². The van der Waals surface area contributed by atoms with Gasteiger partial charge in [-0.05, 0) is 35.4 Å². The van der Waals surface area contributed by atoms with Gasteiger partial charge in [0.15, 0.2) is 0 Å². The molecule has 1 unspecified atom stereocenters. The number of benzene rings is 2. The summed E-state index contributed by atoms with van der Waals surface area (Å²) in [6.45, 7) is 0. The summed E-state index contributed by atoms with van der Waals surface area (Å²) in [6.07, 6.45) is 1.78. The third-order valence-corrected chi connectivity index (χ3v) is 5.64. The van der Waals surface area contributed by atoms with E-state index in [1.807, 2.05) is 30.3 Å². The van der Waals surface area contributed by atoms with Gasteiger partial charge in [0.05, 0.1) is 4.91 Å². The summed E-state index contributed by atoms with van der Waals surface area (Å²) in [5, 5.41) is 10.5. The van der Waals surface area contributed by atoms with Crippen molar-refractivity contribution in [2.75, 3.05) is 0 Å². The van der Waals surface area contributed by atoms with Crippen molar-refractivity contribution < 1.29 is 14.7 Å². The van der Waals surface area contributed by atoms with E-state index in [-0.39, 0.29) is 10.7 Å². The molecule has 1 heterocycles. The summed E-state index contributed by atoms with van der Waals surface area (Å²) in [7, 11) is 0. The third-order valence-electron chi connectivity index (χ3n) is 3.87. The zero-order chi connectivity index (χ0) is 19.6. The minimum absolute atomic E-state index is 0.166. The molecule has 1 atom stereocenters. The van der Waals surface area contributed by atoms with E-state index in [4.69, 9.17) is 35.4 Å². The zero-order valence-corrected chi connectivity index (χ0v) is 16.9. The number of hydrogen-bond donors (Lipinski definition) is 1. The summed E-state index contributed by atoms with van der Waals surface area (Å²) in [5.41, 5.74) is 1.45. The number of carboxylic acid groups (broad SMARTS) is 1. The molecular weight excluding hydrogens is 425 g/mol. The molecule has 4 nitrogen and oxygen atoms in total. The predicted octanol–water partition coefficient (Wildman–Crippen LogP) is 4.89. The van der Waals surface area contributed by atoms with Crippen molar-refractivity contribution in [3.63, 3.8) is 0 Å². The van der Waals surface area contributed by atoms with E-state index in [0.29, 0.717) is 20.5 Å². The Hall–Kier alpha value is -1.86. The van der Waals surface area contributed by atoms with Crippen molar-refractivity contribution in [1.82, 2.24) is 4.90 Å². The smallest absolute Gasteiger partial charge is 0.327 e. The molecule has 8 heteroatoms. The predicted molar refractivity (Wildman–Crippen MR) is 113 cm³/mol. The van der Waals surface area contributed by atoms with E-state index in [2.05, 4.69) is 0 Å². The van der Waals surface area contributed by atoms with Gasteiger partial charge in [0.2, 0.25) is 0 Å². The first-order valence-corrected chi connectivity index (χ1v) is 9.83. The van der Waals surface area contributed by atoms with Gasteiger partial charge in [0, 0.05) is 16.5 Å². The van der Waals surface area contributed by atoms with Crippen molar-refractivity contribution in [3.8, 4) is 0 Å². The second-order valence-electron chi connectivity index (χ2n) is 5.80. The van der Waals surface area contributed by atoms with Crippen LogP contribution >= 0.6 is 47.2 Å². The van der Waals surface area contributed by atoms with Crippen molar-refractivity contribution in [2.24, 2.45) is 0 Å². The van der Waals surface area contributed by atoms with E-state index in [0.717, 1.165) is 22.2 Å². The van der Waals surface area contributed by atoms with Gasteiger partial charge in [-0.1, -0.05) is 77.5 Å². The van der Waals surface area contributed by atoms with E-state index in [9.17, 15) is 14.7 Å². The van der Waals surface area contributed by atoms with Crippen LogP contribution in [-0.4, -0.2) is 32.2 Å². The number of carbonyl (C=O) groups is 2. The maximum atomic E-state index is 12.8. The highest BCUT2D eigenvalue weighted by Gasteiger charge is 2.40. The van der Waals surface area contributed by atoms with Gasteiger partial charge in [-0.25, -0.2) is 4.79 Å². The standard InChI is InChI=1S/C19H13Cl2NO3S2/c20-13-6-12(7-14(21)10-13)9-16-17(23)22(19(26)27-16)15(18(24)25)8-11-4-2-1-3-5-11/h1-7,9-10,15H,8H2,(H,24,25)/b16-9-. The number of aliphatic carboxylic acids is 1. The average Bonchev–Trinajstić information content (AvgIpc) is 2.86. The van der Waals surface area contributed by atoms with Crippen LogP contribution in [0, 0.1) is 0 Å². The quantitative estimate of drug-likeness (QED) is 0.532. The highest BCUT2D eigenvalue weighted by molar-refractivity contribution is 8.26. The van der Waals surface area contributed by atoms with Gasteiger partial charge >= 0.3 is 5.97 Å². The van der Waals surface area contributed by atoms with Gasteiger partial charge in [-0.15, -0.1) is 0 Å². The monoisotopic (exact) mass is 437 g/mol. The van der Waals surface area contributed by atoms with Gasteiger partial charge in [-0.2, -0.15) is 0 Å². The van der Waals surface area contributed by atoms with E-state index in [1.54, 1.807) is 24.3 Å². The molecule has 1 aliphatic heterocycles. The summed E-state index contributed by atoms with van der Waals surface area (Å²) < 4.78 is 0.211. The Kier molecular flexibility index (Phi) is 6.22. The number of amides is 1. The van der Waals surface area contributed by atoms with Crippen LogP contribution in [0.5, 0.6) is 0 Å². The van der Waals surface area contributed by atoms with Crippen LogP contribution in [0.15, 0.2) is 53.4 Å². The van der Waals surface area contributed by atoms with Gasteiger partial charge in [0.1, 0.15) is 10.4 Å². The molecule has 1 aliphatic rings. The molecule has 1 saturated heterocycles. The fraction of sp³-hybridized carbons (Fsp3) is 0.105. The molecule has 2 aromatic carbocycles. The van der Waals surface area contributed by atoms with Crippen LogP contribution < -0.4 is 0 Å². The molecule has 1 amide bonds. The Balaban J connectivity index is 1.89. The highest BCUT2D eigenvalue weighted by Crippen LogP contribution is 2.35. The number of carbonyl (C=O) groups excluding carboxylic acids is 1. The SMILES string of the molecule is O=C(O)C(Cc1ccccc1)N1C(=O)/C(=C/c2cc(Cl)cc(Cl)c2)SC1=S. The second-order valence-corrected chi connectivity index (χ2v) is 8.35. The third kappa shape index (κ3) is 4.71. The number of rotatable bonds is 5.